The van der Waals surface area contributed by atoms with Gasteiger partial charge >= 0.3 is 19.8 Å². The van der Waals surface area contributed by atoms with Crippen LogP contribution in [0.15, 0.2) is 12.2 Å². The molecule has 10 heteroatoms. The summed E-state index contributed by atoms with van der Waals surface area (Å²) >= 11 is 0. The second kappa shape index (κ2) is 36.4. The number of rotatable bonds is 40. The van der Waals surface area contributed by atoms with Crippen molar-refractivity contribution < 1.29 is 42.1 Å². The van der Waals surface area contributed by atoms with Crippen molar-refractivity contribution in [2.24, 2.45) is 0 Å². The van der Waals surface area contributed by atoms with E-state index in [9.17, 15) is 19.0 Å². The minimum atomic E-state index is -4.37. The van der Waals surface area contributed by atoms with Crippen molar-refractivity contribution >= 4 is 19.8 Å². The first-order valence-electron chi connectivity index (χ1n) is 21.9. The molecule has 0 amide bonds. The van der Waals surface area contributed by atoms with E-state index in [0.717, 1.165) is 44.9 Å². The van der Waals surface area contributed by atoms with E-state index in [-0.39, 0.29) is 25.6 Å². The largest absolute Gasteiger partial charge is 0.472 e. The maximum Gasteiger partial charge on any atom is 0.472 e. The molecule has 2 unspecified atom stereocenters. The highest BCUT2D eigenvalue weighted by Crippen LogP contribution is 2.43. The van der Waals surface area contributed by atoms with E-state index >= 15 is 0 Å². The van der Waals surface area contributed by atoms with E-state index in [0.29, 0.717) is 23.9 Å². The van der Waals surface area contributed by atoms with Gasteiger partial charge in [-0.1, -0.05) is 161 Å². The fourth-order valence-electron chi connectivity index (χ4n) is 6.07. The summed E-state index contributed by atoms with van der Waals surface area (Å²) in [6.45, 7) is 4.42. The molecule has 0 aromatic carbocycles. The highest BCUT2D eigenvalue weighted by Gasteiger charge is 2.27. The van der Waals surface area contributed by atoms with Crippen molar-refractivity contribution in [1.29, 1.82) is 0 Å². The first kappa shape index (κ1) is 51.8. The zero-order valence-electron chi connectivity index (χ0n) is 35.3. The fraction of sp³-hybridized carbons (Fsp3) is 0.907. The zero-order valence-corrected chi connectivity index (χ0v) is 36.2. The molecule has 53 heavy (non-hydrogen) atoms. The molecule has 0 radical (unpaired) electrons. The number of unbranched alkanes of at least 4 members (excludes halogenated alkanes) is 24. The minimum Gasteiger partial charge on any atom is -0.462 e. The number of carbonyl (C=O) groups is 2. The Morgan fingerprint density at radius 1 is 0.566 bits per heavy atom. The van der Waals surface area contributed by atoms with Gasteiger partial charge in [0.1, 0.15) is 19.8 Å². The number of nitrogens with zero attached hydrogens (tertiary/aromatic N) is 1. The summed E-state index contributed by atoms with van der Waals surface area (Å²) < 4.78 is 34.3. The maximum atomic E-state index is 12.7. The van der Waals surface area contributed by atoms with Crippen molar-refractivity contribution in [1.82, 2.24) is 0 Å². The molecule has 0 aliphatic rings. The predicted molar refractivity (Wildman–Crippen MR) is 220 cm³/mol. The normalized spacial score (nSPS) is 13.7. The third-order valence-electron chi connectivity index (χ3n) is 9.55. The van der Waals surface area contributed by atoms with Crippen molar-refractivity contribution in [2.75, 3.05) is 47.5 Å². The Balaban J connectivity index is 4.32. The van der Waals surface area contributed by atoms with E-state index in [1.807, 2.05) is 21.1 Å². The molecule has 0 fully saturated rings. The summed E-state index contributed by atoms with van der Waals surface area (Å²) in [6, 6.07) is 0. The number of allylic oxidation sites excluding steroid dienone is 2. The molecule has 0 bridgehead atoms. The highest BCUT2D eigenvalue weighted by molar-refractivity contribution is 7.47. The van der Waals surface area contributed by atoms with Crippen LogP contribution in [-0.2, 0) is 32.7 Å². The van der Waals surface area contributed by atoms with Crippen LogP contribution in [-0.4, -0.2) is 74.9 Å². The molecule has 2 atom stereocenters. The van der Waals surface area contributed by atoms with Crippen LogP contribution in [0.25, 0.3) is 0 Å². The monoisotopic (exact) mass is 775 g/mol. The van der Waals surface area contributed by atoms with E-state index < -0.39 is 26.5 Å². The fourth-order valence-corrected chi connectivity index (χ4v) is 6.81. The average Bonchev–Trinajstić information content (AvgIpc) is 3.10. The lowest BCUT2D eigenvalue weighted by molar-refractivity contribution is -0.870. The minimum absolute atomic E-state index is 0.0338. The molecule has 9 nitrogen and oxygen atoms in total. The molecule has 0 aliphatic heterocycles. The van der Waals surface area contributed by atoms with Crippen LogP contribution in [0.2, 0.25) is 0 Å². The molecule has 314 valence electrons. The summed E-state index contributed by atoms with van der Waals surface area (Å²) in [7, 11) is 1.48. The number of hydrogen-bond donors (Lipinski definition) is 1. The molecule has 0 aromatic rings. The number of phosphoric acid groups is 1. The third-order valence-corrected chi connectivity index (χ3v) is 10.5. The molecule has 0 spiro atoms. The Hall–Kier alpha value is -1.25. The molecule has 0 saturated carbocycles. The smallest absolute Gasteiger partial charge is 0.462 e. The van der Waals surface area contributed by atoms with Crippen LogP contribution < -0.4 is 0 Å². The number of phosphoric ester groups is 1. The van der Waals surface area contributed by atoms with Gasteiger partial charge in [0.15, 0.2) is 6.10 Å². The number of quaternary nitrogens is 1. The SMILES string of the molecule is CCCCCCCCC/C=C\CCCCCCCCCC(=O)OC(COC(=O)CCCCCCCCCCCCC)COP(=O)(O)OCC[N+](C)(C)C. The topological polar surface area (TPSA) is 108 Å². The van der Waals surface area contributed by atoms with Gasteiger partial charge in [-0.3, -0.25) is 18.6 Å². The zero-order chi connectivity index (χ0) is 39.3. The van der Waals surface area contributed by atoms with Gasteiger partial charge in [-0.2, -0.15) is 0 Å². The van der Waals surface area contributed by atoms with Gasteiger partial charge in [0.05, 0.1) is 27.7 Å². The number of ether oxygens (including phenoxy) is 2. The summed E-state index contributed by atoms with van der Waals surface area (Å²) in [5.74, 6) is -0.796. The summed E-state index contributed by atoms with van der Waals surface area (Å²) in [5.41, 5.74) is 0. The van der Waals surface area contributed by atoms with Crippen LogP contribution in [0, 0.1) is 0 Å². The molecule has 0 heterocycles. The van der Waals surface area contributed by atoms with E-state index in [1.165, 1.54) is 122 Å². The number of likely N-dealkylation sites (N-methyl/N-ethyl adjacent to an activating group) is 1. The quantitative estimate of drug-likeness (QED) is 0.0215. The lowest BCUT2D eigenvalue weighted by atomic mass is 10.1. The third kappa shape index (κ3) is 40.2. The van der Waals surface area contributed by atoms with Gasteiger partial charge in [-0.05, 0) is 38.5 Å². The van der Waals surface area contributed by atoms with Gasteiger partial charge < -0.3 is 18.9 Å². The average molecular weight is 775 g/mol. The van der Waals surface area contributed by atoms with Crippen molar-refractivity contribution in [3.8, 4) is 0 Å². The molecular formula is C43H85NO8P+. The van der Waals surface area contributed by atoms with Gasteiger partial charge in [0.25, 0.3) is 0 Å². The summed E-state index contributed by atoms with van der Waals surface area (Å²) in [4.78, 5) is 35.3. The predicted octanol–water partition coefficient (Wildman–Crippen LogP) is 12.2. The van der Waals surface area contributed by atoms with Crippen LogP contribution in [0.1, 0.15) is 200 Å². The Morgan fingerprint density at radius 2 is 0.962 bits per heavy atom. The standard InChI is InChI=1S/C43H84NO8P/c1-6-8-10-12-14-16-18-19-20-21-22-23-24-26-28-30-32-34-36-43(46)52-41(40-51-53(47,48)50-38-37-44(3,4)5)39-49-42(45)35-33-31-29-27-25-17-15-13-11-9-7-2/h20-21,41H,6-19,22-40H2,1-5H3/p+1/b21-20-. The van der Waals surface area contributed by atoms with E-state index in [4.69, 9.17) is 18.5 Å². The van der Waals surface area contributed by atoms with E-state index in [1.54, 1.807) is 0 Å². The second-order valence-corrected chi connectivity index (χ2v) is 17.5. The summed E-state index contributed by atoms with van der Waals surface area (Å²) in [6.07, 6.45) is 36.8. The van der Waals surface area contributed by atoms with Crippen LogP contribution in [0.5, 0.6) is 0 Å². The van der Waals surface area contributed by atoms with Crippen LogP contribution in [0.3, 0.4) is 0 Å². The molecule has 1 N–H and O–H groups in total. The molecule has 0 saturated heterocycles. The lowest BCUT2D eigenvalue weighted by Crippen LogP contribution is -2.37. The van der Waals surface area contributed by atoms with Gasteiger partial charge in [-0.25, -0.2) is 4.57 Å². The highest BCUT2D eigenvalue weighted by atomic mass is 31.2. The second-order valence-electron chi connectivity index (χ2n) is 16.1. The van der Waals surface area contributed by atoms with Crippen molar-refractivity contribution in [3.05, 3.63) is 12.2 Å². The first-order chi connectivity index (χ1) is 25.5. The van der Waals surface area contributed by atoms with Gasteiger partial charge in [-0.15, -0.1) is 0 Å². The Bertz CT molecular complexity index is 922. The van der Waals surface area contributed by atoms with Crippen LogP contribution in [0.4, 0.5) is 0 Å². The molecule has 0 aliphatic carbocycles. The van der Waals surface area contributed by atoms with Gasteiger partial charge in [0.2, 0.25) is 0 Å². The Morgan fingerprint density at radius 3 is 1.40 bits per heavy atom. The number of carbonyl (C=O) groups excluding carboxylic acids is 2. The first-order valence-corrected chi connectivity index (χ1v) is 23.4. The molecular weight excluding hydrogens is 689 g/mol. The number of hydrogen-bond acceptors (Lipinski definition) is 7. The van der Waals surface area contributed by atoms with Crippen molar-refractivity contribution in [2.45, 2.75) is 206 Å². The molecule has 0 aromatic heterocycles. The summed E-state index contributed by atoms with van der Waals surface area (Å²) in [5, 5.41) is 0. The maximum absolute atomic E-state index is 12.7. The lowest BCUT2D eigenvalue weighted by Gasteiger charge is -2.24. The molecule has 0 rings (SSSR count). The number of esters is 2. The van der Waals surface area contributed by atoms with E-state index in [2.05, 4.69) is 26.0 Å². The van der Waals surface area contributed by atoms with Crippen molar-refractivity contribution in [3.63, 3.8) is 0 Å². The Kier molecular flexibility index (Phi) is 35.5. The Labute approximate surface area is 326 Å². The van der Waals surface area contributed by atoms with Crippen LogP contribution >= 0.6 is 7.82 Å². The van der Waals surface area contributed by atoms with Gasteiger partial charge in [0, 0.05) is 12.8 Å².